The molecule has 3 aromatic rings. The van der Waals surface area contributed by atoms with Gasteiger partial charge in [0.1, 0.15) is 10.6 Å². The van der Waals surface area contributed by atoms with E-state index in [9.17, 15) is 8.42 Å². The van der Waals surface area contributed by atoms with Crippen molar-refractivity contribution in [3.8, 4) is 11.4 Å². The van der Waals surface area contributed by atoms with Crippen LogP contribution >= 0.6 is 0 Å². The lowest BCUT2D eigenvalue weighted by atomic mass is 10.1. The van der Waals surface area contributed by atoms with Gasteiger partial charge in [-0.2, -0.15) is 9.29 Å². The molecule has 0 aliphatic rings. The second kappa shape index (κ2) is 6.41. The summed E-state index contributed by atoms with van der Waals surface area (Å²) in [4.78, 5) is 4.36. The summed E-state index contributed by atoms with van der Waals surface area (Å²) in [5.74, 6) is 0.878. The number of aromatic nitrogens is 3. The number of hydrogen-bond donors (Lipinski definition) is 0. The second-order valence-electron chi connectivity index (χ2n) is 5.74. The van der Waals surface area contributed by atoms with Crippen LogP contribution in [-0.4, -0.2) is 35.1 Å². The maximum atomic E-state index is 12.7. The van der Waals surface area contributed by atoms with Gasteiger partial charge in [0.25, 0.3) is 0 Å². The van der Waals surface area contributed by atoms with Crippen molar-refractivity contribution in [2.45, 2.75) is 32.2 Å². The van der Waals surface area contributed by atoms with Gasteiger partial charge in [-0.3, -0.25) is 0 Å². The average molecular weight is 362 g/mol. The number of benzene rings is 1. The molecule has 0 aliphatic heterocycles. The zero-order valence-electron chi connectivity index (χ0n) is 14.3. The van der Waals surface area contributed by atoms with Gasteiger partial charge in [0, 0.05) is 12.6 Å². The molecule has 0 aliphatic carbocycles. The van der Waals surface area contributed by atoms with Gasteiger partial charge >= 0.3 is 0 Å². The Hall–Kier alpha value is -2.52. The summed E-state index contributed by atoms with van der Waals surface area (Å²) in [6.07, 6.45) is 0. The molecule has 0 N–H and O–H groups in total. The van der Waals surface area contributed by atoms with Crippen molar-refractivity contribution in [1.29, 1.82) is 0 Å². The smallest absolute Gasteiger partial charge is 0.248 e. The van der Waals surface area contributed by atoms with Crippen molar-refractivity contribution < 1.29 is 17.5 Å². The Morgan fingerprint density at radius 1 is 1.08 bits per heavy atom. The van der Waals surface area contributed by atoms with Gasteiger partial charge in [-0.15, -0.1) is 0 Å². The molecule has 25 heavy (non-hydrogen) atoms. The molecule has 8 nitrogen and oxygen atoms in total. The first-order chi connectivity index (χ1) is 11.8. The molecule has 0 unspecified atom stereocenters. The largest absolute Gasteiger partial charge is 0.360 e. The first kappa shape index (κ1) is 17.3. The second-order valence-corrected chi connectivity index (χ2v) is 7.72. The lowest BCUT2D eigenvalue weighted by Crippen LogP contribution is -2.27. The third-order valence-electron chi connectivity index (χ3n) is 3.85. The van der Waals surface area contributed by atoms with E-state index in [1.54, 1.807) is 13.8 Å². The summed E-state index contributed by atoms with van der Waals surface area (Å²) in [6, 6.07) is 7.63. The minimum absolute atomic E-state index is 0.0503. The van der Waals surface area contributed by atoms with Crippen LogP contribution < -0.4 is 0 Å². The topological polar surface area (TPSA) is 102 Å². The van der Waals surface area contributed by atoms with Gasteiger partial charge in [0.15, 0.2) is 5.76 Å². The van der Waals surface area contributed by atoms with Crippen molar-refractivity contribution in [2.24, 2.45) is 0 Å². The SMILES string of the molecule is Cc1ccccc1-c1noc(CN(C)S(=O)(=O)c2c(C)noc2C)n1. The summed E-state index contributed by atoms with van der Waals surface area (Å²) >= 11 is 0. The number of hydrogen-bond acceptors (Lipinski definition) is 7. The molecule has 0 radical (unpaired) electrons. The predicted molar refractivity (Wildman–Crippen MR) is 89.1 cm³/mol. The monoisotopic (exact) mass is 362 g/mol. The van der Waals surface area contributed by atoms with Crippen LogP contribution in [0, 0.1) is 20.8 Å². The molecule has 0 fully saturated rings. The molecule has 0 saturated carbocycles. The maximum Gasteiger partial charge on any atom is 0.248 e. The number of rotatable bonds is 5. The van der Waals surface area contributed by atoms with Crippen LogP contribution in [0.5, 0.6) is 0 Å². The van der Waals surface area contributed by atoms with E-state index in [1.807, 2.05) is 31.2 Å². The van der Waals surface area contributed by atoms with E-state index in [0.29, 0.717) is 11.5 Å². The molecule has 1 aromatic carbocycles. The Balaban J connectivity index is 1.85. The van der Waals surface area contributed by atoms with E-state index < -0.39 is 10.0 Å². The fraction of sp³-hybridized carbons (Fsp3) is 0.312. The van der Waals surface area contributed by atoms with Crippen LogP contribution in [0.15, 0.2) is 38.2 Å². The lowest BCUT2D eigenvalue weighted by molar-refractivity contribution is 0.336. The minimum atomic E-state index is -3.77. The third-order valence-corrected chi connectivity index (χ3v) is 5.90. The highest BCUT2D eigenvalue weighted by Gasteiger charge is 2.29. The van der Waals surface area contributed by atoms with E-state index >= 15 is 0 Å². The fourth-order valence-corrected chi connectivity index (χ4v) is 3.93. The molecule has 9 heteroatoms. The molecule has 2 heterocycles. The molecule has 3 rings (SSSR count). The molecular formula is C16H18N4O4S. The van der Waals surface area contributed by atoms with Crippen molar-refractivity contribution in [3.05, 3.63) is 47.2 Å². The Bertz CT molecular complexity index is 987. The van der Waals surface area contributed by atoms with Gasteiger partial charge in [-0.1, -0.05) is 34.6 Å². The lowest BCUT2D eigenvalue weighted by Gasteiger charge is -2.14. The number of aryl methyl sites for hydroxylation is 3. The van der Waals surface area contributed by atoms with E-state index in [4.69, 9.17) is 9.05 Å². The van der Waals surface area contributed by atoms with Crippen molar-refractivity contribution in [2.75, 3.05) is 7.05 Å². The summed E-state index contributed by atoms with van der Waals surface area (Å²) < 4.78 is 36.7. The minimum Gasteiger partial charge on any atom is -0.360 e. The van der Waals surface area contributed by atoms with E-state index in [0.717, 1.165) is 15.4 Å². The normalized spacial score (nSPS) is 12.0. The number of nitrogens with zero attached hydrogens (tertiary/aromatic N) is 4. The van der Waals surface area contributed by atoms with Gasteiger partial charge in [0.2, 0.25) is 21.7 Å². The molecule has 0 spiro atoms. The maximum absolute atomic E-state index is 12.7. The van der Waals surface area contributed by atoms with Crippen LogP contribution in [0.2, 0.25) is 0 Å². The zero-order chi connectivity index (χ0) is 18.2. The predicted octanol–water partition coefficient (Wildman–Crippen LogP) is 2.47. The highest BCUT2D eigenvalue weighted by atomic mass is 32.2. The Morgan fingerprint density at radius 2 is 1.80 bits per heavy atom. The van der Waals surface area contributed by atoms with Crippen LogP contribution in [-0.2, 0) is 16.6 Å². The Labute approximate surface area is 145 Å². The van der Waals surface area contributed by atoms with Crippen LogP contribution in [0.3, 0.4) is 0 Å². The highest BCUT2D eigenvalue weighted by molar-refractivity contribution is 7.89. The average Bonchev–Trinajstić information content (AvgIpc) is 3.14. The van der Waals surface area contributed by atoms with Crippen LogP contribution in [0.25, 0.3) is 11.4 Å². The van der Waals surface area contributed by atoms with Crippen molar-refractivity contribution in [3.63, 3.8) is 0 Å². The molecule has 0 atom stereocenters. The van der Waals surface area contributed by atoms with E-state index in [1.165, 1.54) is 7.05 Å². The molecule has 132 valence electrons. The first-order valence-electron chi connectivity index (χ1n) is 7.58. The van der Waals surface area contributed by atoms with Crippen LogP contribution in [0.4, 0.5) is 0 Å². The number of sulfonamides is 1. The summed E-state index contributed by atoms with van der Waals surface area (Å²) in [6.45, 7) is 5.04. The summed E-state index contributed by atoms with van der Waals surface area (Å²) in [5, 5.41) is 7.63. The van der Waals surface area contributed by atoms with Gasteiger partial charge in [0.05, 0.1) is 6.54 Å². The molecule has 2 aromatic heterocycles. The standard InChI is InChI=1S/C16H18N4O4S/c1-10-7-5-6-8-13(10)16-17-14(24-19-16)9-20(4)25(21,22)15-11(2)18-23-12(15)3/h5-8H,9H2,1-4H3. The zero-order valence-corrected chi connectivity index (χ0v) is 15.2. The van der Waals surface area contributed by atoms with Crippen molar-refractivity contribution >= 4 is 10.0 Å². The van der Waals surface area contributed by atoms with Gasteiger partial charge < -0.3 is 9.05 Å². The fourth-order valence-electron chi connectivity index (χ4n) is 2.53. The highest BCUT2D eigenvalue weighted by Crippen LogP contribution is 2.24. The summed E-state index contributed by atoms with van der Waals surface area (Å²) in [5.41, 5.74) is 2.16. The molecule has 0 saturated heterocycles. The van der Waals surface area contributed by atoms with Crippen molar-refractivity contribution in [1.82, 2.24) is 19.6 Å². The molecular weight excluding hydrogens is 344 g/mol. The summed E-state index contributed by atoms with van der Waals surface area (Å²) in [7, 11) is -2.33. The van der Waals surface area contributed by atoms with E-state index in [-0.39, 0.29) is 23.1 Å². The van der Waals surface area contributed by atoms with E-state index in [2.05, 4.69) is 15.3 Å². The Kier molecular flexibility index (Phi) is 4.44. The quantitative estimate of drug-likeness (QED) is 0.687. The Morgan fingerprint density at radius 3 is 2.44 bits per heavy atom. The third kappa shape index (κ3) is 3.20. The van der Waals surface area contributed by atoms with Gasteiger partial charge in [-0.25, -0.2) is 8.42 Å². The molecule has 0 bridgehead atoms. The molecule has 0 amide bonds. The van der Waals surface area contributed by atoms with Gasteiger partial charge in [-0.05, 0) is 26.3 Å². The van der Waals surface area contributed by atoms with Crippen LogP contribution in [0.1, 0.15) is 22.9 Å². The first-order valence-corrected chi connectivity index (χ1v) is 9.02.